The minimum Gasteiger partial charge on any atom is -0.353 e. The zero-order valence-corrected chi connectivity index (χ0v) is 11.4. The van der Waals surface area contributed by atoms with Crippen molar-refractivity contribution in [1.29, 1.82) is 0 Å². The molecule has 3 rings (SSSR count). The maximum atomic E-state index is 11.4. The van der Waals surface area contributed by atoms with E-state index in [0.717, 1.165) is 0 Å². The molecule has 5 nitrogen and oxygen atoms in total. The molecule has 7 heteroatoms. The molecule has 1 aliphatic rings. The molecular weight excluding hydrogens is 287 g/mol. The molecule has 1 aliphatic heterocycles. The minimum absolute atomic E-state index is 0.0118. The lowest BCUT2D eigenvalue weighted by Crippen LogP contribution is -2.48. The number of benzene rings is 1. The molecule has 1 saturated heterocycles. The molecule has 19 heavy (non-hydrogen) atoms. The summed E-state index contributed by atoms with van der Waals surface area (Å²) in [6.45, 7) is 1.62. The first-order valence-electron chi connectivity index (χ1n) is 5.77. The predicted molar refractivity (Wildman–Crippen MR) is 74.8 cm³/mol. The van der Waals surface area contributed by atoms with Gasteiger partial charge in [0.25, 0.3) is 0 Å². The Morgan fingerprint density at radius 1 is 1.21 bits per heavy atom. The highest BCUT2D eigenvalue weighted by Crippen LogP contribution is 2.27. The summed E-state index contributed by atoms with van der Waals surface area (Å²) in [5.41, 5.74) is 1.34. The zero-order chi connectivity index (χ0) is 13.4. The van der Waals surface area contributed by atoms with E-state index < -0.39 is 0 Å². The van der Waals surface area contributed by atoms with Crippen molar-refractivity contribution in [2.24, 2.45) is 0 Å². The van der Waals surface area contributed by atoms with E-state index in [9.17, 15) is 4.79 Å². The van der Waals surface area contributed by atoms with Crippen molar-refractivity contribution < 1.29 is 4.79 Å². The maximum Gasteiger partial charge on any atom is 0.239 e. The number of carbonyl (C=O) groups is 1. The van der Waals surface area contributed by atoms with Crippen LogP contribution in [0.5, 0.6) is 0 Å². The van der Waals surface area contributed by atoms with Crippen LogP contribution >= 0.6 is 23.2 Å². The standard InChI is InChI=1S/C12H10Cl2N4O/c13-7-3-9-10(4-8(7)14)17-11(5-16-9)18-2-1-15-12(19)6-18/h3-5H,1-2,6H2,(H,15,19). The fraction of sp³-hybridized carbons (Fsp3) is 0.250. The lowest BCUT2D eigenvalue weighted by Gasteiger charge is -2.27. The second kappa shape index (κ2) is 4.83. The monoisotopic (exact) mass is 296 g/mol. The van der Waals surface area contributed by atoms with Crippen LogP contribution in [0.1, 0.15) is 0 Å². The van der Waals surface area contributed by atoms with Gasteiger partial charge < -0.3 is 10.2 Å². The summed E-state index contributed by atoms with van der Waals surface area (Å²) in [7, 11) is 0. The number of aromatic nitrogens is 2. The van der Waals surface area contributed by atoms with E-state index in [-0.39, 0.29) is 5.91 Å². The largest absolute Gasteiger partial charge is 0.353 e. The molecule has 0 aliphatic carbocycles. The van der Waals surface area contributed by atoms with Crippen molar-refractivity contribution in [3.8, 4) is 0 Å². The quantitative estimate of drug-likeness (QED) is 0.873. The van der Waals surface area contributed by atoms with E-state index >= 15 is 0 Å². The van der Waals surface area contributed by atoms with Gasteiger partial charge >= 0.3 is 0 Å². The molecule has 1 aromatic heterocycles. The lowest BCUT2D eigenvalue weighted by molar-refractivity contribution is -0.120. The van der Waals surface area contributed by atoms with Gasteiger partial charge in [-0.15, -0.1) is 0 Å². The van der Waals surface area contributed by atoms with Crippen LogP contribution in [0, 0.1) is 0 Å². The molecular formula is C12H10Cl2N4O. The Hall–Kier alpha value is -1.59. The smallest absolute Gasteiger partial charge is 0.239 e. The van der Waals surface area contributed by atoms with Crippen LogP contribution in [0.2, 0.25) is 10.0 Å². The normalized spacial score (nSPS) is 15.7. The molecule has 1 aromatic carbocycles. The second-order valence-electron chi connectivity index (χ2n) is 4.25. The molecule has 0 bridgehead atoms. The van der Waals surface area contributed by atoms with Gasteiger partial charge in [-0.2, -0.15) is 0 Å². The summed E-state index contributed by atoms with van der Waals surface area (Å²) in [4.78, 5) is 22.0. The van der Waals surface area contributed by atoms with Crippen LogP contribution < -0.4 is 10.2 Å². The first kappa shape index (κ1) is 12.4. The summed E-state index contributed by atoms with van der Waals surface area (Å²) in [6, 6.07) is 3.36. The van der Waals surface area contributed by atoms with Crippen LogP contribution in [-0.4, -0.2) is 35.5 Å². The molecule has 2 heterocycles. The molecule has 0 saturated carbocycles. The number of rotatable bonds is 1. The van der Waals surface area contributed by atoms with Gasteiger partial charge in [-0.1, -0.05) is 23.2 Å². The Bertz CT molecular complexity index is 661. The molecule has 1 amide bonds. The molecule has 0 atom stereocenters. The molecule has 2 aromatic rings. The van der Waals surface area contributed by atoms with Crippen LogP contribution in [-0.2, 0) is 4.79 Å². The molecule has 0 spiro atoms. The first-order chi connectivity index (χ1) is 9.13. The average molecular weight is 297 g/mol. The third-order valence-electron chi connectivity index (χ3n) is 2.93. The first-order valence-corrected chi connectivity index (χ1v) is 6.52. The Balaban J connectivity index is 2.01. The van der Waals surface area contributed by atoms with E-state index in [0.29, 0.717) is 46.5 Å². The highest BCUT2D eigenvalue weighted by Gasteiger charge is 2.18. The van der Waals surface area contributed by atoms with E-state index in [1.54, 1.807) is 18.3 Å². The van der Waals surface area contributed by atoms with Gasteiger partial charge in [0.15, 0.2) is 0 Å². The summed E-state index contributed by atoms with van der Waals surface area (Å²) >= 11 is 11.9. The fourth-order valence-corrected chi connectivity index (χ4v) is 2.30. The SMILES string of the molecule is O=C1CN(c2cnc3cc(Cl)c(Cl)cc3n2)CCN1. The summed E-state index contributed by atoms with van der Waals surface area (Å²) in [6.07, 6.45) is 1.64. The molecule has 98 valence electrons. The maximum absolute atomic E-state index is 11.4. The number of amides is 1. The Morgan fingerprint density at radius 2 is 1.95 bits per heavy atom. The number of fused-ring (bicyclic) bond motifs is 1. The van der Waals surface area contributed by atoms with Gasteiger partial charge in [0.05, 0.1) is 33.8 Å². The Kier molecular flexibility index (Phi) is 3.16. The van der Waals surface area contributed by atoms with Crippen LogP contribution in [0.25, 0.3) is 11.0 Å². The van der Waals surface area contributed by atoms with Gasteiger partial charge in [-0.05, 0) is 12.1 Å². The van der Waals surface area contributed by atoms with Crippen molar-refractivity contribution >= 4 is 46.0 Å². The topological polar surface area (TPSA) is 58.1 Å². The molecule has 1 fully saturated rings. The molecule has 0 unspecified atom stereocenters. The van der Waals surface area contributed by atoms with E-state index in [2.05, 4.69) is 15.3 Å². The van der Waals surface area contributed by atoms with Gasteiger partial charge in [0.2, 0.25) is 5.91 Å². The lowest BCUT2D eigenvalue weighted by atomic mass is 10.3. The number of hydrogen-bond donors (Lipinski definition) is 1. The third-order valence-corrected chi connectivity index (χ3v) is 3.66. The number of nitrogens with zero attached hydrogens (tertiary/aromatic N) is 3. The van der Waals surface area contributed by atoms with Gasteiger partial charge in [-0.25, -0.2) is 4.98 Å². The van der Waals surface area contributed by atoms with Gasteiger partial charge in [-0.3, -0.25) is 9.78 Å². The van der Waals surface area contributed by atoms with Gasteiger partial charge in [0, 0.05) is 13.1 Å². The molecule has 1 N–H and O–H groups in total. The van der Waals surface area contributed by atoms with Crippen molar-refractivity contribution in [1.82, 2.24) is 15.3 Å². The number of halogens is 2. The van der Waals surface area contributed by atoms with Crippen molar-refractivity contribution in [2.75, 3.05) is 24.5 Å². The van der Waals surface area contributed by atoms with Crippen molar-refractivity contribution in [3.63, 3.8) is 0 Å². The summed E-state index contributed by atoms with van der Waals surface area (Å²) in [5.74, 6) is 0.656. The highest BCUT2D eigenvalue weighted by atomic mass is 35.5. The van der Waals surface area contributed by atoms with E-state index in [1.807, 2.05) is 4.90 Å². The number of hydrogen-bond acceptors (Lipinski definition) is 4. The minimum atomic E-state index is -0.0118. The van der Waals surface area contributed by atoms with E-state index in [4.69, 9.17) is 23.2 Å². The average Bonchev–Trinajstić information content (AvgIpc) is 2.39. The van der Waals surface area contributed by atoms with Gasteiger partial charge in [0.1, 0.15) is 5.82 Å². The Morgan fingerprint density at radius 3 is 2.68 bits per heavy atom. The number of carbonyl (C=O) groups excluding carboxylic acids is 1. The van der Waals surface area contributed by atoms with E-state index in [1.165, 1.54) is 0 Å². The van der Waals surface area contributed by atoms with Crippen molar-refractivity contribution in [2.45, 2.75) is 0 Å². The van der Waals surface area contributed by atoms with Crippen LogP contribution in [0.15, 0.2) is 18.3 Å². The highest BCUT2D eigenvalue weighted by molar-refractivity contribution is 6.42. The fourth-order valence-electron chi connectivity index (χ4n) is 1.98. The second-order valence-corrected chi connectivity index (χ2v) is 5.07. The Labute approximate surface area is 119 Å². The predicted octanol–water partition coefficient (Wildman–Crippen LogP) is 1.87. The number of nitrogens with one attached hydrogen (secondary N) is 1. The number of piperazine rings is 1. The number of anilines is 1. The zero-order valence-electron chi connectivity index (χ0n) is 9.86. The summed E-state index contributed by atoms with van der Waals surface area (Å²) in [5, 5.41) is 3.66. The van der Waals surface area contributed by atoms with Crippen LogP contribution in [0.4, 0.5) is 5.82 Å². The summed E-state index contributed by atoms with van der Waals surface area (Å²) < 4.78 is 0. The van der Waals surface area contributed by atoms with Crippen molar-refractivity contribution in [3.05, 3.63) is 28.4 Å². The van der Waals surface area contributed by atoms with Crippen LogP contribution in [0.3, 0.4) is 0 Å². The molecule has 0 radical (unpaired) electrons. The third kappa shape index (κ3) is 2.43.